The van der Waals surface area contributed by atoms with Crippen molar-refractivity contribution < 1.29 is 38.6 Å². The van der Waals surface area contributed by atoms with Crippen LogP contribution < -0.4 is 5.06 Å². The predicted molar refractivity (Wildman–Crippen MR) is 91.8 cm³/mol. The molecule has 1 heterocycles. The Morgan fingerprint density at radius 2 is 1.52 bits per heavy atom. The standard InChI is InChI=1S/C16H22N2O9/c19-16(20)14-11-13(1-2-15(14)18(21)22)17-12-26-8-7-24-4-3-23-5-6-25-9-10-27-17/h1-2,11H,3-10,12H2,(H,19,20). The zero-order valence-electron chi connectivity index (χ0n) is 14.7. The molecule has 0 bridgehead atoms. The number of aromatic carboxylic acids is 1. The molecule has 0 spiro atoms. The lowest BCUT2D eigenvalue weighted by Gasteiger charge is -2.24. The van der Waals surface area contributed by atoms with Gasteiger partial charge in [-0.2, -0.15) is 0 Å². The van der Waals surface area contributed by atoms with Crippen LogP contribution in [-0.4, -0.2) is 75.6 Å². The van der Waals surface area contributed by atoms with Crippen molar-refractivity contribution in [3.63, 3.8) is 0 Å². The smallest absolute Gasteiger partial charge is 0.342 e. The molecule has 1 saturated heterocycles. The summed E-state index contributed by atoms with van der Waals surface area (Å²) in [6.45, 7) is 2.84. The Labute approximate surface area is 155 Å². The number of anilines is 1. The highest BCUT2D eigenvalue weighted by molar-refractivity contribution is 5.93. The third-order valence-electron chi connectivity index (χ3n) is 3.49. The van der Waals surface area contributed by atoms with E-state index >= 15 is 0 Å². The third-order valence-corrected chi connectivity index (χ3v) is 3.49. The second-order valence-corrected chi connectivity index (χ2v) is 5.35. The summed E-state index contributed by atoms with van der Waals surface area (Å²) >= 11 is 0. The number of nitro benzene ring substituents is 1. The Kier molecular flexibility index (Phi) is 8.87. The van der Waals surface area contributed by atoms with Gasteiger partial charge in [0.25, 0.3) is 5.69 Å². The van der Waals surface area contributed by atoms with Crippen molar-refractivity contribution in [2.75, 3.05) is 64.6 Å². The zero-order valence-corrected chi connectivity index (χ0v) is 14.7. The van der Waals surface area contributed by atoms with Crippen molar-refractivity contribution in [2.45, 2.75) is 0 Å². The third kappa shape index (κ3) is 7.07. The number of carbonyl (C=O) groups is 1. The molecular formula is C16H22N2O9. The van der Waals surface area contributed by atoms with Gasteiger partial charge in [0, 0.05) is 6.07 Å². The molecule has 1 aromatic rings. The molecule has 1 fully saturated rings. The lowest BCUT2D eigenvalue weighted by atomic mass is 10.1. The number of hydroxylamine groups is 1. The number of nitro groups is 1. The van der Waals surface area contributed by atoms with Gasteiger partial charge in [0.15, 0.2) is 0 Å². The molecule has 2 rings (SSSR count). The van der Waals surface area contributed by atoms with Crippen LogP contribution in [0, 0.1) is 10.1 Å². The molecule has 1 aliphatic heterocycles. The van der Waals surface area contributed by atoms with E-state index in [9.17, 15) is 20.0 Å². The van der Waals surface area contributed by atoms with Gasteiger partial charge in [0.1, 0.15) is 12.3 Å². The molecule has 0 aliphatic carbocycles. The molecule has 1 aliphatic rings. The van der Waals surface area contributed by atoms with Gasteiger partial charge in [-0.05, 0) is 12.1 Å². The number of hydrogen-bond acceptors (Lipinski definition) is 9. The quantitative estimate of drug-likeness (QED) is 0.594. The summed E-state index contributed by atoms with van der Waals surface area (Å²) in [7, 11) is 0. The van der Waals surface area contributed by atoms with Crippen molar-refractivity contribution in [1.29, 1.82) is 0 Å². The summed E-state index contributed by atoms with van der Waals surface area (Å²) < 4.78 is 21.5. The van der Waals surface area contributed by atoms with Gasteiger partial charge in [0.05, 0.1) is 63.5 Å². The average molecular weight is 386 g/mol. The summed E-state index contributed by atoms with van der Waals surface area (Å²) in [6.07, 6.45) is 0. The molecule has 0 saturated carbocycles. The van der Waals surface area contributed by atoms with Gasteiger partial charge in [-0.15, -0.1) is 0 Å². The van der Waals surface area contributed by atoms with Crippen LogP contribution in [0.3, 0.4) is 0 Å². The van der Waals surface area contributed by atoms with E-state index in [4.69, 9.17) is 23.8 Å². The second kappa shape index (κ2) is 11.4. The van der Waals surface area contributed by atoms with Crippen LogP contribution in [0.1, 0.15) is 10.4 Å². The molecule has 0 radical (unpaired) electrons. The van der Waals surface area contributed by atoms with Crippen LogP contribution in [0.5, 0.6) is 0 Å². The Hall–Kier alpha value is -2.31. The Morgan fingerprint density at radius 1 is 0.963 bits per heavy atom. The van der Waals surface area contributed by atoms with Crippen molar-refractivity contribution in [2.24, 2.45) is 0 Å². The largest absolute Gasteiger partial charge is 0.477 e. The average Bonchev–Trinajstić information content (AvgIpc) is 2.66. The topological polar surface area (TPSA) is 130 Å². The monoisotopic (exact) mass is 386 g/mol. The number of hydrogen-bond donors (Lipinski definition) is 1. The number of carboxylic acid groups (broad SMARTS) is 1. The molecule has 150 valence electrons. The van der Waals surface area contributed by atoms with E-state index in [1.165, 1.54) is 17.2 Å². The molecule has 0 atom stereocenters. The first kappa shape index (κ1) is 21.0. The number of nitrogens with zero attached hydrogens (tertiary/aromatic N) is 2. The minimum Gasteiger partial charge on any atom is -0.477 e. The van der Waals surface area contributed by atoms with E-state index in [-0.39, 0.29) is 26.6 Å². The molecule has 1 N–H and O–H groups in total. The van der Waals surface area contributed by atoms with Crippen molar-refractivity contribution in [3.05, 3.63) is 33.9 Å². The van der Waals surface area contributed by atoms with Crippen molar-refractivity contribution >= 4 is 17.3 Å². The first-order valence-corrected chi connectivity index (χ1v) is 8.33. The van der Waals surface area contributed by atoms with Crippen molar-refractivity contribution in [3.8, 4) is 0 Å². The van der Waals surface area contributed by atoms with E-state index in [2.05, 4.69) is 0 Å². The van der Waals surface area contributed by atoms with Crippen LogP contribution in [0.25, 0.3) is 0 Å². The molecule has 1 aromatic carbocycles. The van der Waals surface area contributed by atoms with Gasteiger partial charge in [0.2, 0.25) is 0 Å². The highest BCUT2D eigenvalue weighted by atomic mass is 16.7. The number of benzene rings is 1. The van der Waals surface area contributed by atoms with E-state index in [0.29, 0.717) is 38.7 Å². The summed E-state index contributed by atoms with van der Waals surface area (Å²) in [5.74, 6) is -1.40. The second-order valence-electron chi connectivity index (χ2n) is 5.35. The minimum absolute atomic E-state index is 0.0171. The summed E-state index contributed by atoms with van der Waals surface area (Å²) in [5.41, 5.74) is -0.623. The van der Waals surface area contributed by atoms with Crippen LogP contribution in [0.4, 0.5) is 11.4 Å². The predicted octanol–water partition coefficient (Wildman–Crippen LogP) is 1.07. The van der Waals surface area contributed by atoms with Gasteiger partial charge >= 0.3 is 5.97 Å². The van der Waals surface area contributed by atoms with Gasteiger partial charge < -0.3 is 24.1 Å². The first-order chi connectivity index (χ1) is 13.1. The number of carboxylic acids is 1. The minimum atomic E-state index is -1.40. The maximum atomic E-state index is 11.3. The Bertz CT molecular complexity index is 610. The molecule has 11 heteroatoms. The van der Waals surface area contributed by atoms with Gasteiger partial charge in [-0.3, -0.25) is 15.0 Å². The Morgan fingerprint density at radius 3 is 2.07 bits per heavy atom. The maximum absolute atomic E-state index is 11.3. The lowest BCUT2D eigenvalue weighted by Crippen LogP contribution is -2.29. The fourth-order valence-corrected chi connectivity index (χ4v) is 2.21. The van der Waals surface area contributed by atoms with Gasteiger partial charge in [-0.25, -0.2) is 9.86 Å². The van der Waals surface area contributed by atoms with Crippen LogP contribution >= 0.6 is 0 Å². The summed E-state index contributed by atoms with van der Waals surface area (Å²) in [5, 5.41) is 21.5. The molecule has 27 heavy (non-hydrogen) atoms. The van der Waals surface area contributed by atoms with Gasteiger partial charge in [-0.1, -0.05) is 0 Å². The highest BCUT2D eigenvalue weighted by Crippen LogP contribution is 2.25. The molecular weight excluding hydrogens is 364 g/mol. The van der Waals surface area contributed by atoms with Crippen LogP contribution in [0.2, 0.25) is 0 Å². The van der Waals surface area contributed by atoms with Crippen LogP contribution in [0.15, 0.2) is 18.2 Å². The summed E-state index contributed by atoms with van der Waals surface area (Å²) in [6, 6.07) is 3.69. The number of rotatable bonds is 3. The SMILES string of the molecule is O=C(O)c1cc(N2COCCOCCOCCOCCO2)ccc1[N+](=O)[O-]. The lowest BCUT2D eigenvalue weighted by molar-refractivity contribution is -0.385. The van der Waals surface area contributed by atoms with E-state index in [0.717, 1.165) is 6.07 Å². The molecule has 0 aromatic heterocycles. The highest BCUT2D eigenvalue weighted by Gasteiger charge is 2.22. The summed E-state index contributed by atoms with van der Waals surface area (Å²) in [4.78, 5) is 27.1. The molecule has 0 unspecified atom stereocenters. The van der Waals surface area contributed by atoms with E-state index in [1.54, 1.807) is 0 Å². The fourth-order valence-electron chi connectivity index (χ4n) is 2.21. The fraction of sp³-hybridized carbons (Fsp3) is 0.562. The molecule has 11 nitrogen and oxygen atoms in total. The van der Waals surface area contributed by atoms with Crippen molar-refractivity contribution in [1.82, 2.24) is 0 Å². The van der Waals surface area contributed by atoms with E-state index < -0.39 is 22.1 Å². The zero-order chi connectivity index (χ0) is 19.5. The van der Waals surface area contributed by atoms with Crippen LogP contribution in [-0.2, 0) is 23.8 Å². The first-order valence-electron chi connectivity index (χ1n) is 8.33. The molecule has 0 amide bonds. The number of ether oxygens (including phenoxy) is 4. The van der Waals surface area contributed by atoms with E-state index in [1.807, 2.05) is 0 Å². The normalized spacial score (nSPS) is 18.3. The maximum Gasteiger partial charge on any atom is 0.342 e. The Balaban J connectivity index is 2.09.